The Morgan fingerprint density at radius 2 is 1.83 bits per heavy atom. The fourth-order valence-corrected chi connectivity index (χ4v) is 4.25. The first kappa shape index (κ1) is 19.5. The highest BCUT2D eigenvalue weighted by Crippen LogP contribution is 2.31. The van der Waals surface area contributed by atoms with E-state index in [1.807, 2.05) is 24.3 Å². The Morgan fingerprint density at radius 3 is 2.55 bits per heavy atom. The average Bonchev–Trinajstić information content (AvgIpc) is 2.70. The smallest absolute Gasteiger partial charge is 0.200 e. The number of ether oxygens (including phenoxy) is 2. The van der Waals surface area contributed by atoms with Gasteiger partial charge in [-0.2, -0.15) is 0 Å². The van der Waals surface area contributed by atoms with Gasteiger partial charge in [-0.05, 0) is 32.0 Å². The zero-order valence-corrected chi connectivity index (χ0v) is 16.9. The second-order valence-electron chi connectivity index (χ2n) is 7.71. The molecule has 0 aliphatic carbocycles. The summed E-state index contributed by atoms with van der Waals surface area (Å²) in [6, 6.07) is 10.6. The van der Waals surface area contributed by atoms with E-state index < -0.39 is 0 Å². The number of nitrogens with one attached hydrogen (secondary N) is 1. The van der Waals surface area contributed by atoms with Crippen molar-refractivity contribution in [3.63, 3.8) is 0 Å². The zero-order valence-electron chi connectivity index (χ0n) is 16.9. The van der Waals surface area contributed by atoms with Gasteiger partial charge in [-0.1, -0.05) is 18.2 Å². The molecule has 1 aromatic heterocycles. The van der Waals surface area contributed by atoms with E-state index >= 15 is 0 Å². The van der Waals surface area contributed by atoms with E-state index in [9.17, 15) is 9.90 Å². The first-order chi connectivity index (χ1) is 14.0. The number of benzene rings is 2. The molecule has 6 nitrogen and oxygen atoms in total. The first-order valence-corrected chi connectivity index (χ1v) is 9.86. The fourth-order valence-electron chi connectivity index (χ4n) is 4.25. The highest BCUT2D eigenvalue weighted by atomic mass is 16.5. The van der Waals surface area contributed by atoms with E-state index in [1.165, 1.54) is 11.2 Å². The standard InChI is InChI=1S/C23H25NO5/c1-14-10-24(11-15(2)29-14)12-18-20(25)9-8-17-22(26)19(13-28-23(17)18)16-6-4-5-7-21(16)27-3/h4-9,13-15,25H,10-12H2,1-3H3/p+1/t14-,15-/m0/s1. The molecule has 1 fully saturated rings. The summed E-state index contributed by atoms with van der Waals surface area (Å²) in [7, 11) is 1.57. The van der Waals surface area contributed by atoms with Crippen molar-refractivity contribution in [3.05, 3.63) is 58.4 Å². The number of methoxy groups -OCH3 is 1. The van der Waals surface area contributed by atoms with Gasteiger partial charge in [-0.15, -0.1) is 0 Å². The molecule has 0 bridgehead atoms. The normalized spacial score (nSPS) is 22.0. The van der Waals surface area contributed by atoms with Gasteiger partial charge in [0.05, 0.1) is 23.6 Å². The van der Waals surface area contributed by atoms with Gasteiger partial charge in [-0.25, -0.2) is 0 Å². The third-order valence-corrected chi connectivity index (χ3v) is 5.46. The van der Waals surface area contributed by atoms with Crippen molar-refractivity contribution in [2.75, 3.05) is 20.2 Å². The van der Waals surface area contributed by atoms with Gasteiger partial charge >= 0.3 is 0 Å². The summed E-state index contributed by atoms with van der Waals surface area (Å²) in [5.74, 6) is 0.754. The number of phenolic OH excluding ortho intramolecular Hbond substituents is 1. The molecule has 2 atom stereocenters. The number of hydrogen-bond donors (Lipinski definition) is 2. The van der Waals surface area contributed by atoms with Gasteiger partial charge < -0.3 is 23.9 Å². The SMILES string of the molecule is COc1ccccc1-c1coc2c(C[NH+]3C[C@H](C)O[C@@H](C)C3)c(O)ccc2c1=O. The predicted octanol–water partition coefficient (Wildman–Crippen LogP) is 2.37. The third kappa shape index (κ3) is 3.73. The lowest BCUT2D eigenvalue weighted by Crippen LogP contribution is -3.14. The van der Waals surface area contributed by atoms with Crippen molar-refractivity contribution in [2.24, 2.45) is 0 Å². The molecule has 2 N–H and O–H groups in total. The minimum atomic E-state index is -0.143. The lowest BCUT2D eigenvalue weighted by Gasteiger charge is -2.32. The molecule has 1 saturated heterocycles. The van der Waals surface area contributed by atoms with Crippen LogP contribution in [0.3, 0.4) is 0 Å². The predicted molar refractivity (Wildman–Crippen MR) is 111 cm³/mol. The number of morpholine rings is 1. The Bertz CT molecular complexity index is 1080. The lowest BCUT2D eigenvalue weighted by atomic mass is 10.0. The van der Waals surface area contributed by atoms with Crippen LogP contribution in [0, 0.1) is 0 Å². The Hall–Kier alpha value is -2.83. The van der Waals surface area contributed by atoms with E-state index in [-0.39, 0.29) is 23.4 Å². The summed E-state index contributed by atoms with van der Waals surface area (Å²) in [5.41, 5.74) is 2.07. The van der Waals surface area contributed by atoms with Crippen LogP contribution in [0.4, 0.5) is 0 Å². The maximum Gasteiger partial charge on any atom is 0.200 e. The Kier molecular flexibility index (Phi) is 5.30. The van der Waals surface area contributed by atoms with Crippen LogP contribution in [0.25, 0.3) is 22.1 Å². The Morgan fingerprint density at radius 1 is 1.10 bits per heavy atom. The molecule has 0 unspecified atom stereocenters. The largest absolute Gasteiger partial charge is 0.507 e. The molecule has 2 aromatic carbocycles. The number of hydrogen-bond acceptors (Lipinski definition) is 5. The van der Waals surface area contributed by atoms with Gasteiger partial charge in [0.1, 0.15) is 55.2 Å². The van der Waals surface area contributed by atoms with E-state index in [0.29, 0.717) is 40.0 Å². The van der Waals surface area contributed by atoms with Crippen LogP contribution in [-0.4, -0.2) is 37.5 Å². The molecule has 0 radical (unpaired) electrons. The maximum atomic E-state index is 13.2. The van der Waals surface area contributed by atoms with Crippen molar-refractivity contribution in [2.45, 2.75) is 32.6 Å². The Labute approximate surface area is 169 Å². The summed E-state index contributed by atoms with van der Waals surface area (Å²) < 4.78 is 17.1. The van der Waals surface area contributed by atoms with E-state index in [2.05, 4.69) is 13.8 Å². The monoisotopic (exact) mass is 396 g/mol. The minimum Gasteiger partial charge on any atom is -0.507 e. The number of quaternary nitrogens is 1. The molecular weight excluding hydrogens is 370 g/mol. The average molecular weight is 396 g/mol. The van der Waals surface area contributed by atoms with Gasteiger partial charge in [0.25, 0.3) is 0 Å². The fraction of sp³-hybridized carbons (Fsp3) is 0.348. The molecule has 152 valence electrons. The molecule has 3 aromatic rings. The molecule has 0 saturated carbocycles. The van der Waals surface area contributed by atoms with Crippen molar-refractivity contribution >= 4 is 11.0 Å². The summed E-state index contributed by atoms with van der Waals surface area (Å²) in [6.07, 6.45) is 1.76. The highest BCUT2D eigenvalue weighted by Gasteiger charge is 2.28. The molecule has 1 aliphatic heterocycles. The van der Waals surface area contributed by atoms with Crippen molar-refractivity contribution in [1.82, 2.24) is 0 Å². The second kappa shape index (κ2) is 7.89. The van der Waals surface area contributed by atoms with Crippen molar-refractivity contribution in [3.8, 4) is 22.6 Å². The van der Waals surface area contributed by atoms with E-state index in [4.69, 9.17) is 13.9 Å². The van der Waals surface area contributed by atoms with Crippen LogP contribution in [0.1, 0.15) is 19.4 Å². The van der Waals surface area contributed by atoms with Crippen LogP contribution in [-0.2, 0) is 11.3 Å². The molecule has 2 heterocycles. The summed E-state index contributed by atoms with van der Waals surface area (Å²) in [6.45, 7) is 6.35. The van der Waals surface area contributed by atoms with Crippen molar-refractivity contribution in [1.29, 1.82) is 0 Å². The van der Waals surface area contributed by atoms with Gasteiger partial charge in [0.2, 0.25) is 5.43 Å². The van der Waals surface area contributed by atoms with Crippen LogP contribution in [0.5, 0.6) is 11.5 Å². The molecule has 6 heteroatoms. The van der Waals surface area contributed by atoms with Crippen LogP contribution >= 0.6 is 0 Å². The molecule has 0 spiro atoms. The number of rotatable bonds is 4. The summed E-state index contributed by atoms with van der Waals surface area (Å²) in [4.78, 5) is 14.5. The van der Waals surface area contributed by atoms with E-state index in [0.717, 1.165) is 13.1 Å². The van der Waals surface area contributed by atoms with Crippen LogP contribution < -0.4 is 15.1 Å². The number of aromatic hydroxyl groups is 1. The van der Waals surface area contributed by atoms with Gasteiger partial charge in [0, 0.05) is 5.56 Å². The molecule has 29 heavy (non-hydrogen) atoms. The molecule has 4 rings (SSSR count). The van der Waals surface area contributed by atoms with Crippen molar-refractivity contribution < 1.29 is 23.9 Å². The first-order valence-electron chi connectivity index (χ1n) is 9.86. The minimum absolute atomic E-state index is 0.143. The second-order valence-corrected chi connectivity index (χ2v) is 7.71. The zero-order chi connectivity index (χ0) is 20.5. The molecular formula is C23H26NO5+. The Balaban J connectivity index is 1.79. The third-order valence-electron chi connectivity index (χ3n) is 5.46. The number of fused-ring (bicyclic) bond motifs is 1. The van der Waals surface area contributed by atoms with E-state index in [1.54, 1.807) is 19.2 Å². The summed E-state index contributed by atoms with van der Waals surface area (Å²) in [5, 5.41) is 11.0. The topological polar surface area (TPSA) is 73.3 Å². The van der Waals surface area contributed by atoms with Crippen LogP contribution in [0.2, 0.25) is 0 Å². The number of para-hydroxylation sites is 1. The van der Waals surface area contributed by atoms with Gasteiger partial charge in [0.15, 0.2) is 0 Å². The quantitative estimate of drug-likeness (QED) is 0.708. The highest BCUT2D eigenvalue weighted by molar-refractivity contribution is 5.86. The maximum absolute atomic E-state index is 13.2. The van der Waals surface area contributed by atoms with Gasteiger partial charge in [-0.3, -0.25) is 4.79 Å². The summed E-state index contributed by atoms with van der Waals surface area (Å²) >= 11 is 0. The van der Waals surface area contributed by atoms with Crippen LogP contribution in [0.15, 0.2) is 51.9 Å². The molecule has 1 aliphatic rings. The lowest BCUT2D eigenvalue weighted by molar-refractivity contribution is -0.928. The number of phenols is 1. The molecule has 0 amide bonds.